The van der Waals surface area contributed by atoms with Gasteiger partial charge in [0.1, 0.15) is 6.04 Å². The van der Waals surface area contributed by atoms with Crippen molar-refractivity contribution in [1.29, 1.82) is 0 Å². The molecule has 1 atom stereocenters. The monoisotopic (exact) mass is 804 g/mol. The lowest BCUT2D eigenvalue weighted by atomic mass is 10.1. The highest BCUT2D eigenvalue weighted by Gasteiger charge is 2.28. The molecule has 20 heteroatoms. The molecule has 19 nitrogen and oxygen atoms in total. The van der Waals surface area contributed by atoms with Crippen LogP contribution in [0.25, 0.3) is 0 Å². The van der Waals surface area contributed by atoms with Gasteiger partial charge in [0.25, 0.3) is 11.4 Å². The standard InChI is InChI=1S/C27H29N5O7S.C10H11N3O4/c1-19-2-12-24(13-3-19)40(37,38)30-25(18-26(33)28-20-6-10-23(11-7-20)32(35)36)27(34)29-21-4-8-22(9-5-21)31-14-16-39-17-15-31;11-9(14)5-6-10(15)12-7-1-3-8(4-2-7)13(16)17/h2-13,25,30H,14-18H2,1H3,(H,28,33)(H,29,34);1-4H,5-6H2,(H2,11,14)(H,12,15)/t25-;/m0./s1. The van der Waals surface area contributed by atoms with Crippen LogP contribution >= 0.6 is 0 Å². The molecular formula is C37H40N8O11S. The van der Waals surface area contributed by atoms with Gasteiger partial charge in [-0.25, -0.2) is 8.42 Å². The Morgan fingerprint density at radius 1 is 0.719 bits per heavy atom. The molecule has 4 aromatic carbocycles. The predicted molar refractivity (Wildman–Crippen MR) is 210 cm³/mol. The third-order valence-electron chi connectivity index (χ3n) is 8.17. The maximum atomic E-state index is 13.2. The Balaban J connectivity index is 0.000000355. The van der Waals surface area contributed by atoms with Crippen LogP contribution in [-0.4, -0.2) is 74.2 Å². The number of aryl methyl sites for hydroxylation is 1. The summed E-state index contributed by atoms with van der Waals surface area (Å²) in [6, 6.07) is 22.2. The van der Waals surface area contributed by atoms with E-state index in [0.29, 0.717) is 24.6 Å². The number of amides is 4. The fourth-order valence-electron chi connectivity index (χ4n) is 5.16. The number of nitrogens with one attached hydrogen (secondary N) is 4. The van der Waals surface area contributed by atoms with Crippen LogP contribution < -0.4 is 31.3 Å². The molecule has 5 rings (SSSR count). The van der Waals surface area contributed by atoms with Crippen LogP contribution in [0.1, 0.15) is 24.8 Å². The number of nitrogens with zero attached hydrogens (tertiary/aromatic N) is 3. The Kier molecular flexibility index (Phi) is 15.3. The number of ether oxygens (including phenoxy) is 1. The second-order valence-electron chi connectivity index (χ2n) is 12.5. The Hall–Kier alpha value is -6.77. The van der Waals surface area contributed by atoms with E-state index in [1.165, 1.54) is 60.7 Å². The fourth-order valence-corrected chi connectivity index (χ4v) is 6.35. The lowest BCUT2D eigenvalue weighted by Crippen LogP contribution is -2.45. The van der Waals surface area contributed by atoms with E-state index in [1.807, 2.05) is 19.1 Å². The van der Waals surface area contributed by atoms with E-state index < -0.39 is 50.1 Å². The third kappa shape index (κ3) is 13.8. The topological polar surface area (TPSA) is 275 Å². The average molecular weight is 805 g/mol. The van der Waals surface area contributed by atoms with Crippen LogP contribution in [0, 0.1) is 27.2 Å². The molecule has 1 aliphatic heterocycles. The van der Waals surface area contributed by atoms with Crippen molar-refractivity contribution >= 4 is 67.8 Å². The van der Waals surface area contributed by atoms with E-state index in [1.54, 1.807) is 24.3 Å². The Labute approximate surface area is 326 Å². The molecule has 4 aromatic rings. The lowest BCUT2D eigenvalue weighted by molar-refractivity contribution is -0.385. The van der Waals surface area contributed by atoms with Crippen molar-refractivity contribution in [3.05, 3.63) is 123 Å². The maximum Gasteiger partial charge on any atom is 0.269 e. The van der Waals surface area contributed by atoms with Gasteiger partial charge >= 0.3 is 0 Å². The number of primary amides is 1. The normalized spacial score (nSPS) is 12.9. The van der Waals surface area contributed by atoms with Crippen molar-refractivity contribution < 1.29 is 42.2 Å². The van der Waals surface area contributed by atoms with Gasteiger partial charge in [0, 0.05) is 72.9 Å². The number of rotatable bonds is 15. The highest BCUT2D eigenvalue weighted by Crippen LogP contribution is 2.21. The van der Waals surface area contributed by atoms with E-state index in [0.717, 1.165) is 24.3 Å². The number of nitro groups is 2. The molecule has 6 N–H and O–H groups in total. The minimum absolute atomic E-state index is 0.00762. The van der Waals surface area contributed by atoms with Crippen LogP contribution in [0.15, 0.2) is 102 Å². The molecule has 0 radical (unpaired) electrons. The van der Waals surface area contributed by atoms with Crippen molar-refractivity contribution in [3.8, 4) is 0 Å². The quantitative estimate of drug-likeness (QED) is 0.0847. The number of carbonyl (C=O) groups excluding carboxylic acids is 4. The summed E-state index contributed by atoms with van der Waals surface area (Å²) >= 11 is 0. The van der Waals surface area contributed by atoms with Crippen molar-refractivity contribution in [1.82, 2.24) is 4.72 Å². The molecular weight excluding hydrogens is 765 g/mol. The highest BCUT2D eigenvalue weighted by molar-refractivity contribution is 7.89. The van der Waals surface area contributed by atoms with Gasteiger partial charge in [-0.1, -0.05) is 17.7 Å². The number of nitrogens with two attached hydrogens (primary N) is 1. The van der Waals surface area contributed by atoms with Gasteiger partial charge in [0.15, 0.2) is 0 Å². The number of non-ortho nitro benzene ring substituents is 2. The second kappa shape index (κ2) is 20.2. The number of nitro benzene ring substituents is 2. The number of anilines is 4. The second-order valence-corrected chi connectivity index (χ2v) is 14.2. The van der Waals surface area contributed by atoms with Crippen LogP contribution in [0.5, 0.6) is 0 Å². The largest absolute Gasteiger partial charge is 0.378 e. The van der Waals surface area contributed by atoms with Crippen LogP contribution in [0.4, 0.5) is 34.1 Å². The number of hydrogen-bond donors (Lipinski definition) is 5. The average Bonchev–Trinajstić information content (AvgIpc) is 3.18. The van der Waals surface area contributed by atoms with Crippen molar-refractivity contribution in [2.24, 2.45) is 5.73 Å². The highest BCUT2D eigenvalue weighted by atomic mass is 32.2. The van der Waals surface area contributed by atoms with Crippen molar-refractivity contribution in [2.75, 3.05) is 47.2 Å². The number of morpholine rings is 1. The van der Waals surface area contributed by atoms with Gasteiger partial charge in [-0.15, -0.1) is 0 Å². The summed E-state index contributed by atoms with van der Waals surface area (Å²) < 4.78 is 33.9. The Bertz CT molecular complexity index is 2160. The van der Waals surface area contributed by atoms with E-state index in [2.05, 4.69) is 25.6 Å². The number of hydrogen-bond acceptors (Lipinski definition) is 12. The van der Waals surface area contributed by atoms with E-state index >= 15 is 0 Å². The van der Waals surface area contributed by atoms with E-state index in [-0.39, 0.29) is 40.7 Å². The minimum atomic E-state index is -4.15. The third-order valence-corrected chi connectivity index (χ3v) is 9.66. The first kappa shape index (κ1) is 43.0. The van der Waals surface area contributed by atoms with Gasteiger partial charge in [-0.3, -0.25) is 39.4 Å². The lowest BCUT2D eigenvalue weighted by Gasteiger charge is -2.29. The van der Waals surface area contributed by atoms with Gasteiger partial charge in [-0.05, 0) is 67.6 Å². The zero-order chi connectivity index (χ0) is 41.5. The molecule has 4 amide bonds. The minimum Gasteiger partial charge on any atom is -0.378 e. The van der Waals surface area contributed by atoms with Gasteiger partial charge < -0.3 is 31.3 Å². The van der Waals surface area contributed by atoms with Crippen molar-refractivity contribution in [2.45, 2.75) is 37.1 Å². The summed E-state index contributed by atoms with van der Waals surface area (Å²) in [5, 5.41) is 29.0. The zero-order valence-electron chi connectivity index (χ0n) is 30.6. The fraction of sp³-hybridized carbons (Fsp3) is 0.243. The molecule has 1 saturated heterocycles. The Morgan fingerprint density at radius 3 is 1.68 bits per heavy atom. The SMILES string of the molecule is Cc1ccc(S(=O)(=O)N[C@@H](CC(=O)Nc2ccc([N+](=O)[O-])cc2)C(=O)Nc2ccc(N3CCOCC3)cc2)cc1.NC(=O)CCC(=O)Nc1ccc([N+](=O)[O-])cc1. The first-order valence-corrected chi connectivity index (χ1v) is 18.8. The molecule has 0 saturated carbocycles. The smallest absolute Gasteiger partial charge is 0.269 e. The number of benzene rings is 4. The van der Waals surface area contributed by atoms with E-state index in [4.69, 9.17) is 10.5 Å². The molecule has 0 aliphatic carbocycles. The zero-order valence-corrected chi connectivity index (χ0v) is 31.4. The van der Waals surface area contributed by atoms with Gasteiger partial charge in [-0.2, -0.15) is 4.72 Å². The maximum absolute atomic E-state index is 13.2. The van der Waals surface area contributed by atoms with Crippen LogP contribution in [0.2, 0.25) is 0 Å². The molecule has 0 spiro atoms. The molecule has 57 heavy (non-hydrogen) atoms. The van der Waals surface area contributed by atoms with Gasteiger partial charge in [0.2, 0.25) is 33.7 Å². The van der Waals surface area contributed by atoms with Crippen LogP contribution in [-0.2, 0) is 33.9 Å². The molecule has 1 heterocycles. The molecule has 0 unspecified atom stereocenters. The van der Waals surface area contributed by atoms with Gasteiger partial charge in [0.05, 0.1) is 34.4 Å². The summed E-state index contributed by atoms with van der Waals surface area (Å²) in [5.41, 5.74) is 7.62. The predicted octanol–water partition coefficient (Wildman–Crippen LogP) is 3.85. The summed E-state index contributed by atoms with van der Waals surface area (Å²) in [4.78, 5) is 70.0. The van der Waals surface area contributed by atoms with Crippen molar-refractivity contribution in [3.63, 3.8) is 0 Å². The number of sulfonamides is 1. The number of carbonyl (C=O) groups is 4. The molecule has 300 valence electrons. The molecule has 0 bridgehead atoms. The summed E-state index contributed by atoms with van der Waals surface area (Å²) in [7, 11) is -4.15. The molecule has 0 aromatic heterocycles. The van der Waals surface area contributed by atoms with Crippen LogP contribution in [0.3, 0.4) is 0 Å². The van der Waals surface area contributed by atoms with E-state index in [9.17, 15) is 47.8 Å². The Morgan fingerprint density at radius 2 is 1.19 bits per heavy atom. The summed E-state index contributed by atoms with van der Waals surface area (Å²) in [5.74, 6) is -2.31. The summed E-state index contributed by atoms with van der Waals surface area (Å²) in [6.07, 6.45) is -0.565. The summed E-state index contributed by atoms with van der Waals surface area (Å²) in [6.45, 7) is 4.57. The first-order chi connectivity index (χ1) is 27.1. The molecule has 1 aliphatic rings. The first-order valence-electron chi connectivity index (χ1n) is 17.3. The molecule has 1 fully saturated rings.